The number of halogens is 2. The summed E-state index contributed by atoms with van der Waals surface area (Å²) in [7, 11) is 1.57. The van der Waals surface area contributed by atoms with Crippen molar-refractivity contribution in [3.63, 3.8) is 0 Å². The van der Waals surface area contributed by atoms with Gasteiger partial charge in [-0.2, -0.15) is 0 Å². The molecule has 2 aromatic heterocycles. The molecule has 0 aliphatic carbocycles. The highest BCUT2D eigenvalue weighted by Crippen LogP contribution is 2.32. The van der Waals surface area contributed by atoms with Crippen LogP contribution in [-0.2, 0) is 11.3 Å². The van der Waals surface area contributed by atoms with Crippen molar-refractivity contribution in [3.8, 4) is 10.6 Å². The number of nitrogens with zero attached hydrogens (tertiary/aromatic N) is 3. The Morgan fingerprint density at radius 2 is 2.12 bits per heavy atom. The molecular formula is C16H12Cl2N4O2S. The number of aromatic nitrogens is 3. The summed E-state index contributed by atoms with van der Waals surface area (Å²) < 4.78 is 5.01. The van der Waals surface area contributed by atoms with E-state index in [-0.39, 0.29) is 11.6 Å². The fraction of sp³-hybridized carbons (Fsp3) is 0.125. The van der Waals surface area contributed by atoms with Crippen LogP contribution in [0.3, 0.4) is 0 Å². The van der Waals surface area contributed by atoms with E-state index in [4.69, 9.17) is 27.9 Å². The minimum absolute atomic E-state index is 0.276. The number of nitrogens with one attached hydrogen (secondary N) is 1. The van der Waals surface area contributed by atoms with Crippen LogP contribution in [0.15, 0.2) is 36.0 Å². The Morgan fingerprint density at radius 3 is 2.88 bits per heavy atom. The van der Waals surface area contributed by atoms with Crippen LogP contribution >= 0.6 is 34.5 Å². The molecule has 0 bridgehead atoms. The average Bonchev–Trinajstić information content (AvgIpc) is 3.05. The monoisotopic (exact) mass is 394 g/mol. The molecule has 0 aliphatic rings. The van der Waals surface area contributed by atoms with Gasteiger partial charge in [-0.05, 0) is 18.2 Å². The van der Waals surface area contributed by atoms with Crippen LogP contribution in [0, 0.1) is 0 Å². The SMILES string of the molecule is COCc1cc(NC(=O)c2csc(-c3ccc(Cl)cc3Cl)n2)ncn1. The van der Waals surface area contributed by atoms with E-state index < -0.39 is 0 Å². The van der Waals surface area contributed by atoms with Crippen molar-refractivity contribution in [2.45, 2.75) is 6.61 Å². The molecule has 3 rings (SSSR count). The lowest BCUT2D eigenvalue weighted by Crippen LogP contribution is -2.14. The highest BCUT2D eigenvalue weighted by molar-refractivity contribution is 7.13. The summed E-state index contributed by atoms with van der Waals surface area (Å²) in [6.45, 7) is 0.335. The molecule has 1 N–H and O–H groups in total. The summed E-state index contributed by atoms with van der Waals surface area (Å²) in [5, 5.41) is 6.00. The smallest absolute Gasteiger partial charge is 0.276 e. The van der Waals surface area contributed by atoms with Crippen LogP contribution < -0.4 is 5.32 Å². The van der Waals surface area contributed by atoms with E-state index in [0.717, 1.165) is 5.56 Å². The van der Waals surface area contributed by atoms with Gasteiger partial charge >= 0.3 is 0 Å². The molecule has 3 aromatic rings. The highest BCUT2D eigenvalue weighted by atomic mass is 35.5. The fourth-order valence-corrected chi connectivity index (χ4v) is 3.43. The zero-order chi connectivity index (χ0) is 17.8. The topological polar surface area (TPSA) is 77.0 Å². The molecule has 1 amide bonds. The minimum atomic E-state index is -0.366. The maximum atomic E-state index is 12.4. The summed E-state index contributed by atoms with van der Waals surface area (Å²) in [5.74, 6) is 0.0146. The first-order valence-corrected chi connectivity index (χ1v) is 8.72. The Labute approximate surface area is 157 Å². The second kappa shape index (κ2) is 7.88. The summed E-state index contributed by atoms with van der Waals surface area (Å²) >= 11 is 13.4. The quantitative estimate of drug-likeness (QED) is 0.697. The highest BCUT2D eigenvalue weighted by Gasteiger charge is 2.15. The molecule has 0 spiro atoms. The van der Waals surface area contributed by atoms with Crippen molar-refractivity contribution < 1.29 is 9.53 Å². The number of methoxy groups -OCH3 is 1. The van der Waals surface area contributed by atoms with Crippen LogP contribution in [0.1, 0.15) is 16.2 Å². The number of thiazole rings is 1. The van der Waals surface area contributed by atoms with Crippen LogP contribution in [0.2, 0.25) is 10.0 Å². The molecule has 0 radical (unpaired) electrons. The maximum Gasteiger partial charge on any atom is 0.276 e. The largest absolute Gasteiger partial charge is 0.378 e. The second-order valence-electron chi connectivity index (χ2n) is 4.94. The second-order valence-corrected chi connectivity index (χ2v) is 6.65. The van der Waals surface area contributed by atoms with Gasteiger partial charge in [0.2, 0.25) is 0 Å². The third kappa shape index (κ3) is 4.32. The van der Waals surface area contributed by atoms with Crippen molar-refractivity contribution in [2.24, 2.45) is 0 Å². The van der Waals surface area contributed by atoms with Crippen molar-refractivity contribution in [2.75, 3.05) is 12.4 Å². The third-order valence-electron chi connectivity index (χ3n) is 3.16. The van der Waals surface area contributed by atoms with Gasteiger partial charge in [0.15, 0.2) is 0 Å². The molecule has 6 nitrogen and oxygen atoms in total. The van der Waals surface area contributed by atoms with E-state index in [1.54, 1.807) is 36.8 Å². The van der Waals surface area contributed by atoms with Gasteiger partial charge in [-0.1, -0.05) is 23.2 Å². The van der Waals surface area contributed by atoms with Crippen LogP contribution in [0.5, 0.6) is 0 Å². The van der Waals surface area contributed by atoms with Crippen molar-refractivity contribution in [1.29, 1.82) is 0 Å². The van der Waals surface area contributed by atoms with Gasteiger partial charge in [0.1, 0.15) is 22.8 Å². The average molecular weight is 395 g/mol. The molecule has 128 valence electrons. The van der Waals surface area contributed by atoms with E-state index in [1.807, 2.05) is 0 Å². The molecule has 0 saturated carbocycles. The molecular weight excluding hydrogens is 383 g/mol. The van der Waals surface area contributed by atoms with Crippen molar-refractivity contribution >= 4 is 46.3 Å². The Morgan fingerprint density at radius 1 is 1.28 bits per heavy atom. The van der Waals surface area contributed by atoms with E-state index in [9.17, 15) is 4.79 Å². The number of hydrogen-bond acceptors (Lipinski definition) is 6. The van der Waals surface area contributed by atoms with Gasteiger partial charge < -0.3 is 10.1 Å². The molecule has 2 heterocycles. The number of hydrogen-bond donors (Lipinski definition) is 1. The first kappa shape index (κ1) is 17.8. The summed E-state index contributed by atoms with van der Waals surface area (Å²) in [5.41, 5.74) is 1.66. The van der Waals surface area contributed by atoms with E-state index in [0.29, 0.717) is 33.2 Å². The van der Waals surface area contributed by atoms with E-state index in [1.165, 1.54) is 17.7 Å². The maximum absolute atomic E-state index is 12.4. The molecule has 0 aliphatic heterocycles. The standard InChI is InChI=1S/C16H12Cl2N4O2S/c1-24-6-10-5-14(20-8-19-10)22-15(23)13-7-25-16(21-13)11-3-2-9(17)4-12(11)18/h2-5,7-8H,6H2,1H3,(H,19,20,22,23). The van der Waals surface area contributed by atoms with Crippen LogP contribution in [0.25, 0.3) is 10.6 Å². The molecule has 0 atom stereocenters. The predicted molar refractivity (Wildman–Crippen MR) is 98.3 cm³/mol. The zero-order valence-corrected chi connectivity index (χ0v) is 15.3. The number of benzene rings is 1. The number of ether oxygens (including phenoxy) is 1. The van der Waals surface area contributed by atoms with Gasteiger partial charge in [0.25, 0.3) is 5.91 Å². The first-order chi connectivity index (χ1) is 12.1. The molecule has 0 fully saturated rings. The number of carbonyl (C=O) groups is 1. The Balaban J connectivity index is 1.78. The van der Waals surface area contributed by atoms with E-state index >= 15 is 0 Å². The van der Waals surface area contributed by atoms with Gasteiger partial charge in [0, 0.05) is 29.1 Å². The first-order valence-electron chi connectivity index (χ1n) is 7.09. The molecule has 1 aromatic carbocycles. The Kier molecular flexibility index (Phi) is 5.60. The van der Waals surface area contributed by atoms with Gasteiger partial charge in [-0.25, -0.2) is 15.0 Å². The zero-order valence-electron chi connectivity index (χ0n) is 13.0. The predicted octanol–water partition coefficient (Wildman–Crippen LogP) is 4.31. The van der Waals surface area contributed by atoms with Crippen LogP contribution in [0.4, 0.5) is 5.82 Å². The fourth-order valence-electron chi connectivity index (χ4n) is 2.04. The summed E-state index contributed by atoms with van der Waals surface area (Å²) in [4.78, 5) is 24.8. The lowest BCUT2D eigenvalue weighted by Gasteiger charge is -2.04. The third-order valence-corrected chi connectivity index (χ3v) is 4.58. The lowest BCUT2D eigenvalue weighted by atomic mass is 10.2. The van der Waals surface area contributed by atoms with E-state index in [2.05, 4.69) is 20.3 Å². The van der Waals surface area contributed by atoms with Crippen molar-refractivity contribution in [1.82, 2.24) is 15.0 Å². The van der Waals surface area contributed by atoms with Crippen LogP contribution in [-0.4, -0.2) is 28.0 Å². The Bertz CT molecular complexity index is 917. The van der Waals surface area contributed by atoms with Gasteiger partial charge in [-0.15, -0.1) is 11.3 Å². The normalized spacial score (nSPS) is 10.7. The molecule has 0 unspecified atom stereocenters. The summed E-state index contributed by atoms with van der Waals surface area (Å²) in [6.07, 6.45) is 1.37. The van der Waals surface area contributed by atoms with Gasteiger partial charge in [0.05, 0.1) is 17.3 Å². The van der Waals surface area contributed by atoms with Crippen molar-refractivity contribution in [3.05, 3.63) is 57.4 Å². The lowest BCUT2D eigenvalue weighted by molar-refractivity contribution is 0.102. The molecule has 9 heteroatoms. The molecule has 25 heavy (non-hydrogen) atoms. The number of amides is 1. The van der Waals surface area contributed by atoms with Gasteiger partial charge in [-0.3, -0.25) is 4.79 Å². The number of carbonyl (C=O) groups excluding carboxylic acids is 1. The number of rotatable bonds is 5. The number of anilines is 1. The Hall–Kier alpha value is -2.06. The summed E-state index contributed by atoms with van der Waals surface area (Å²) in [6, 6.07) is 6.78. The minimum Gasteiger partial charge on any atom is -0.378 e. The molecule has 0 saturated heterocycles.